The zero-order chi connectivity index (χ0) is 11.0. The average molecular weight is 223 g/mol. The smallest absolute Gasteiger partial charge is 0.323 e. The molecule has 4 nitrogen and oxygen atoms in total. The van der Waals surface area contributed by atoms with Crippen LogP contribution in [0.25, 0.3) is 0 Å². The van der Waals surface area contributed by atoms with E-state index in [9.17, 15) is 4.57 Å². The van der Waals surface area contributed by atoms with Gasteiger partial charge < -0.3 is 15.2 Å². The summed E-state index contributed by atoms with van der Waals surface area (Å²) in [5.41, 5.74) is 5.10. The number of unbranched alkanes of at least 4 members (excludes halogenated alkanes) is 1. The van der Waals surface area contributed by atoms with E-state index >= 15 is 0 Å². The Balaban J connectivity index is 3.77. The van der Waals surface area contributed by atoms with Gasteiger partial charge in [-0.25, -0.2) is 0 Å². The zero-order valence-electron chi connectivity index (χ0n) is 9.11. The summed E-state index contributed by atoms with van der Waals surface area (Å²) in [6.07, 6.45) is 4.02. The summed E-state index contributed by atoms with van der Waals surface area (Å²) in [5.74, 6) is 0.377. The van der Waals surface area contributed by atoms with Gasteiger partial charge in [0.05, 0.1) is 12.9 Å². The minimum absolute atomic E-state index is 0.294. The highest BCUT2D eigenvalue weighted by Crippen LogP contribution is 2.40. The van der Waals surface area contributed by atoms with Crippen molar-refractivity contribution in [2.24, 2.45) is 11.7 Å². The fourth-order valence-corrected chi connectivity index (χ4v) is 1.72. The van der Waals surface area contributed by atoms with E-state index in [0.29, 0.717) is 12.5 Å². The molecule has 0 saturated heterocycles. The van der Waals surface area contributed by atoms with Crippen molar-refractivity contribution in [3.63, 3.8) is 0 Å². The lowest BCUT2D eigenvalue weighted by molar-refractivity contribution is 0.204. The Labute approximate surface area is 86.4 Å². The average Bonchev–Trinajstić information content (AvgIpc) is 2.18. The quantitative estimate of drug-likeness (QED) is 0.619. The lowest BCUT2D eigenvalue weighted by Crippen LogP contribution is -2.11. The van der Waals surface area contributed by atoms with E-state index in [4.69, 9.17) is 15.2 Å². The molecule has 0 aliphatic heterocycles. The van der Waals surface area contributed by atoms with Crippen LogP contribution in [0, 0.1) is 5.92 Å². The van der Waals surface area contributed by atoms with Crippen molar-refractivity contribution in [3.8, 4) is 0 Å². The Morgan fingerprint density at radius 2 is 2.14 bits per heavy atom. The summed E-state index contributed by atoms with van der Waals surface area (Å²) in [7, 11) is -3.49. The molecule has 0 rings (SSSR count). The van der Waals surface area contributed by atoms with Crippen molar-refractivity contribution < 1.29 is 14.0 Å². The Hall–Kier alpha value is 0.110. The lowest BCUT2D eigenvalue weighted by Gasteiger charge is -2.16. The molecule has 0 aromatic carbocycles. The Morgan fingerprint density at radius 3 is 2.57 bits per heavy atom. The van der Waals surface area contributed by atoms with Crippen LogP contribution in [0.15, 0.2) is 0 Å². The SMILES string of the molecule is CCCCC(CC)COP(=O)(O)CN. The second kappa shape index (κ2) is 7.41. The maximum Gasteiger partial charge on any atom is 0.341 e. The summed E-state index contributed by atoms with van der Waals surface area (Å²) in [5, 5.41) is 0. The van der Waals surface area contributed by atoms with E-state index in [1.165, 1.54) is 0 Å². The minimum Gasteiger partial charge on any atom is -0.323 e. The molecule has 2 atom stereocenters. The van der Waals surface area contributed by atoms with E-state index in [2.05, 4.69) is 13.8 Å². The van der Waals surface area contributed by atoms with E-state index < -0.39 is 7.60 Å². The van der Waals surface area contributed by atoms with E-state index in [1.807, 2.05) is 0 Å². The van der Waals surface area contributed by atoms with Gasteiger partial charge in [-0.15, -0.1) is 0 Å². The molecule has 14 heavy (non-hydrogen) atoms. The molecule has 0 aromatic heterocycles. The molecule has 0 fully saturated rings. The molecule has 0 aliphatic rings. The van der Waals surface area contributed by atoms with E-state index in [-0.39, 0.29) is 6.29 Å². The van der Waals surface area contributed by atoms with Crippen molar-refractivity contribution in [1.29, 1.82) is 0 Å². The number of hydrogen-bond acceptors (Lipinski definition) is 3. The Bertz CT molecular complexity index is 187. The number of nitrogens with two attached hydrogens (primary N) is 1. The van der Waals surface area contributed by atoms with Gasteiger partial charge in [-0.3, -0.25) is 4.57 Å². The van der Waals surface area contributed by atoms with Crippen LogP contribution in [-0.2, 0) is 9.09 Å². The standard InChI is InChI=1S/C9H22NO3P/c1-3-5-6-9(4-2)7-13-14(11,12)8-10/h9H,3-8,10H2,1-2H3,(H,11,12). The van der Waals surface area contributed by atoms with Crippen molar-refractivity contribution in [2.45, 2.75) is 39.5 Å². The molecule has 2 unspecified atom stereocenters. The highest BCUT2D eigenvalue weighted by molar-refractivity contribution is 7.52. The van der Waals surface area contributed by atoms with Crippen LogP contribution in [0.1, 0.15) is 39.5 Å². The summed E-state index contributed by atoms with van der Waals surface area (Å²) >= 11 is 0. The molecule has 5 heteroatoms. The summed E-state index contributed by atoms with van der Waals surface area (Å²) in [6, 6.07) is 0. The summed E-state index contributed by atoms with van der Waals surface area (Å²) < 4.78 is 16.0. The van der Waals surface area contributed by atoms with Gasteiger partial charge in [0.1, 0.15) is 0 Å². The molecule has 86 valence electrons. The van der Waals surface area contributed by atoms with Crippen LogP contribution in [0.5, 0.6) is 0 Å². The van der Waals surface area contributed by atoms with Gasteiger partial charge in [0.15, 0.2) is 0 Å². The van der Waals surface area contributed by atoms with Crippen LogP contribution in [0.2, 0.25) is 0 Å². The molecule has 0 aromatic rings. The van der Waals surface area contributed by atoms with Crippen LogP contribution >= 0.6 is 7.60 Å². The molecule has 0 heterocycles. The predicted octanol–water partition coefficient (Wildman–Crippen LogP) is 2.32. The second-order valence-electron chi connectivity index (χ2n) is 3.53. The molecule has 0 spiro atoms. The first-order chi connectivity index (χ1) is 6.55. The van der Waals surface area contributed by atoms with Gasteiger partial charge in [-0.05, 0) is 12.3 Å². The number of hydrogen-bond donors (Lipinski definition) is 2. The van der Waals surface area contributed by atoms with Crippen LogP contribution < -0.4 is 5.73 Å². The van der Waals surface area contributed by atoms with Crippen molar-refractivity contribution in [1.82, 2.24) is 0 Å². The summed E-state index contributed by atoms with van der Waals surface area (Å²) in [6.45, 7) is 4.54. The third-order valence-electron chi connectivity index (χ3n) is 2.29. The Kier molecular flexibility index (Phi) is 7.47. The van der Waals surface area contributed by atoms with Gasteiger partial charge in [0.2, 0.25) is 0 Å². The van der Waals surface area contributed by atoms with Crippen LogP contribution in [-0.4, -0.2) is 17.8 Å². The van der Waals surface area contributed by atoms with Crippen molar-refractivity contribution in [2.75, 3.05) is 12.9 Å². The molecule has 0 saturated carbocycles. The first kappa shape index (κ1) is 14.1. The normalized spacial score (nSPS) is 17.7. The first-order valence-corrected chi connectivity index (χ1v) is 6.98. The highest BCUT2D eigenvalue weighted by Gasteiger charge is 2.18. The fourth-order valence-electron chi connectivity index (χ4n) is 1.17. The molecule has 0 aliphatic carbocycles. The van der Waals surface area contributed by atoms with Gasteiger partial charge in [-0.1, -0.05) is 33.1 Å². The third kappa shape index (κ3) is 6.55. The van der Waals surface area contributed by atoms with Crippen LogP contribution in [0.3, 0.4) is 0 Å². The molecule has 0 amide bonds. The minimum atomic E-state index is -3.49. The molecule has 0 radical (unpaired) electrons. The predicted molar refractivity (Wildman–Crippen MR) is 58.1 cm³/mol. The van der Waals surface area contributed by atoms with Gasteiger partial charge in [0, 0.05) is 0 Å². The fraction of sp³-hybridized carbons (Fsp3) is 1.00. The molecule has 0 bridgehead atoms. The van der Waals surface area contributed by atoms with E-state index in [1.54, 1.807) is 0 Å². The maximum atomic E-state index is 11.1. The van der Waals surface area contributed by atoms with E-state index in [0.717, 1.165) is 25.7 Å². The second-order valence-corrected chi connectivity index (χ2v) is 5.43. The monoisotopic (exact) mass is 223 g/mol. The van der Waals surface area contributed by atoms with Crippen LogP contribution in [0.4, 0.5) is 0 Å². The molecule has 3 N–H and O–H groups in total. The highest BCUT2D eigenvalue weighted by atomic mass is 31.2. The van der Waals surface area contributed by atoms with Gasteiger partial charge >= 0.3 is 7.60 Å². The maximum absolute atomic E-state index is 11.1. The Morgan fingerprint density at radius 1 is 1.50 bits per heavy atom. The lowest BCUT2D eigenvalue weighted by atomic mass is 10.0. The van der Waals surface area contributed by atoms with Gasteiger partial charge in [0.25, 0.3) is 0 Å². The zero-order valence-corrected chi connectivity index (χ0v) is 10.0. The summed E-state index contributed by atoms with van der Waals surface area (Å²) in [4.78, 5) is 9.10. The molecular weight excluding hydrogens is 201 g/mol. The topological polar surface area (TPSA) is 72.5 Å². The number of rotatable bonds is 8. The largest absolute Gasteiger partial charge is 0.341 e. The van der Waals surface area contributed by atoms with Gasteiger partial charge in [-0.2, -0.15) is 0 Å². The van der Waals surface area contributed by atoms with Crippen molar-refractivity contribution in [3.05, 3.63) is 0 Å². The third-order valence-corrected chi connectivity index (χ3v) is 3.30. The molecular formula is C9H22NO3P. The first-order valence-electron chi connectivity index (χ1n) is 5.22. The van der Waals surface area contributed by atoms with Crippen molar-refractivity contribution >= 4 is 7.60 Å².